The minimum Gasteiger partial charge on any atom is -0.194 e. The lowest BCUT2D eigenvalue weighted by Gasteiger charge is -2.00. The maximum absolute atomic E-state index is 4.56. The van der Waals surface area contributed by atoms with Gasteiger partial charge in [-0.25, -0.2) is 0 Å². The van der Waals surface area contributed by atoms with E-state index < -0.39 is 0 Å². The zero-order valence-corrected chi connectivity index (χ0v) is 7.90. The largest absolute Gasteiger partial charge is 0.194 e. The molecule has 0 bridgehead atoms. The summed E-state index contributed by atoms with van der Waals surface area (Å²) in [6.45, 7) is 2.15. The van der Waals surface area contributed by atoms with E-state index in [1.807, 2.05) is 18.2 Å². The summed E-state index contributed by atoms with van der Waals surface area (Å²) in [4.78, 5) is 3.99. The van der Waals surface area contributed by atoms with Crippen LogP contribution in [0.15, 0.2) is 29.3 Å². The fourth-order valence-electron chi connectivity index (χ4n) is 1.15. The molecule has 1 nitrogen and oxygen atoms in total. The van der Waals surface area contributed by atoms with Crippen molar-refractivity contribution in [2.24, 2.45) is 4.99 Å². The van der Waals surface area contributed by atoms with Crippen molar-refractivity contribution >= 4 is 23.1 Å². The summed E-state index contributed by atoms with van der Waals surface area (Å²) in [6.07, 6.45) is 2.18. The highest BCUT2D eigenvalue weighted by molar-refractivity contribution is 7.78. The predicted octanol–water partition coefficient (Wildman–Crippen LogP) is 3.37. The van der Waals surface area contributed by atoms with Crippen molar-refractivity contribution < 1.29 is 0 Å². The third-order valence-corrected chi connectivity index (χ3v) is 1.77. The van der Waals surface area contributed by atoms with Gasteiger partial charge in [0.2, 0.25) is 0 Å². The van der Waals surface area contributed by atoms with Gasteiger partial charge in [-0.2, -0.15) is 4.99 Å². The van der Waals surface area contributed by atoms with Gasteiger partial charge >= 0.3 is 0 Å². The summed E-state index contributed by atoms with van der Waals surface area (Å²) >= 11 is 4.56. The van der Waals surface area contributed by atoms with Crippen LogP contribution in [-0.4, -0.2) is 5.16 Å². The van der Waals surface area contributed by atoms with Crippen molar-refractivity contribution in [2.45, 2.75) is 19.8 Å². The molecule has 12 heavy (non-hydrogen) atoms. The number of benzene rings is 1. The summed E-state index contributed by atoms with van der Waals surface area (Å²) in [5, 5.41) is 2.39. The molecule has 0 heterocycles. The van der Waals surface area contributed by atoms with Crippen LogP contribution in [0, 0.1) is 0 Å². The molecule has 0 amide bonds. The Morgan fingerprint density at radius 1 is 1.42 bits per heavy atom. The number of nitrogens with zero attached hydrogens (tertiary/aromatic N) is 1. The van der Waals surface area contributed by atoms with Crippen molar-refractivity contribution in [1.82, 2.24) is 0 Å². The van der Waals surface area contributed by atoms with Crippen LogP contribution in [0.3, 0.4) is 0 Å². The van der Waals surface area contributed by atoms with E-state index in [0.717, 1.165) is 18.5 Å². The molecule has 0 aliphatic rings. The molecule has 1 rings (SSSR count). The zero-order valence-electron chi connectivity index (χ0n) is 7.08. The predicted molar refractivity (Wildman–Crippen MR) is 55.1 cm³/mol. The summed E-state index contributed by atoms with van der Waals surface area (Å²) in [5.74, 6) is 0. The van der Waals surface area contributed by atoms with Gasteiger partial charge in [-0.15, -0.1) is 0 Å². The molecule has 62 valence electrons. The van der Waals surface area contributed by atoms with Crippen LogP contribution >= 0.6 is 12.2 Å². The van der Waals surface area contributed by atoms with E-state index in [0.29, 0.717) is 0 Å². The SMILES string of the molecule is CCCc1ccccc1N=C=S. The maximum Gasteiger partial charge on any atom is 0.0771 e. The quantitative estimate of drug-likeness (QED) is 0.509. The minimum absolute atomic E-state index is 0.953. The van der Waals surface area contributed by atoms with Gasteiger partial charge in [0.15, 0.2) is 0 Å². The third kappa shape index (κ3) is 2.26. The second kappa shape index (κ2) is 4.81. The molecular weight excluding hydrogens is 166 g/mol. The second-order valence-corrected chi connectivity index (χ2v) is 2.76. The van der Waals surface area contributed by atoms with Crippen LogP contribution in [0.25, 0.3) is 0 Å². The number of aryl methyl sites for hydroxylation is 1. The zero-order chi connectivity index (χ0) is 8.81. The molecule has 0 aliphatic carbocycles. The van der Waals surface area contributed by atoms with Crippen LogP contribution in [0.2, 0.25) is 0 Å². The van der Waals surface area contributed by atoms with Crippen LogP contribution in [0.5, 0.6) is 0 Å². The number of rotatable bonds is 3. The summed E-state index contributed by atoms with van der Waals surface area (Å²) in [7, 11) is 0. The molecule has 0 unspecified atom stereocenters. The highest BCUT2D eigenvalue weighted by Crippen LogP contribution is 2.19. The van der Waals surface area contributed by atoms with E-state index in [1.165, 1.54) is 5.56 Å². The third-order valence-electron chi connectivity index (χ3n) is 1.68. The number of hydrogen-bond donors (Lipinski definition) is 0. The summed E-state index contributed by atoms with van der Waals surface area (Å²) in [6, 6.07) is 8.03. The van der Waals surface area contributed by atoms with Crippen molar-refractivity contribution in [3.05, 3.63) is 29.8 Å². The van der Waals surface area contributed by atoms with E-state index in [1.54, 1.807) is 0 Å². The molecule has 0 N–H and O–H groups in total. The fourth-order valence-corrected chi connectivity index (χ4v) is 1.25. The highest BCUT2D eigenvalue weighted by atomic mass is 32.1. The Labute approximate surface area is 78.1 Å². The molecule has 0 spiro atoms. The Morgan fingerprint density at radius 2 is 2.17 bits per heavy atom. The molecular formula is C10H11NS. The van der Waals surface area contributed by atoms with E-state index in [2.05, 4.69) is 35.4 Å². The van der Waals surface area contributed by atoms with Gasteiger partial charge in [0.25, 0.3) is 0 Å². The monoisotopic (exact) mass is 177 g/mol. The van der Waals surface area contributed by atoms with Crippen molar-refractivity contribution in [1.29, 1.82) is 0 Å². The first kappa shape index (κ1) is 9.11. The molecule has 1 aromatic carbocycles. The van der Waals surface area contributed by atoms with Crippen molar-refractivity contribution in [3.63, 3.8) is 0 Å². The number of aliphatic imine (C=N–C) groups is 1. The van der Waals surface area contributed by atoms with Crippen LogP contribution in [-0.2, 0) is 6.42 Å². The van der Waals surface area contributed by atoms with Crippen LogP contribution < -0.4 is 0 Å². The molecule has 1 aromatic rings. The van der Waals surface area contributed by atoms with Gasteiger partial charge in [-0.05, 0) is 30.3 Å². The Kier molecular flexibility index (Phi) is 3.65. The van der Waals surface area contributed by atoms with E-state index >= 15 is 0 Å². The topological polar surface area (TPSA) is 12.4 Å². The van der Waals surface area contributed by atoms with Crippen molar-refractivity contribution in [2.75, 3.05) is 0 Å². The van der Waals surface area contributed by atoms with E-state index in [9.17, 15) is 0 Å². The fraction of sp³-hybridized carbons (Fsp3) is 0.300. The van der Waals surface area contributed by atoms with E-state index in [4.69, 9.17) is 0 Å². The Balaban J connectivity index is 2.99. The van der Waals surface area contributed by atoms with Gasteiger partial charge in [0.1, 0.15) is 0 Å². The van der Waals surface area contributed by atoms with Crippen LogP contribution in [0.1, 0.15) is 18.9 Å². The Bertz CT molecular complexity index is 300. The lowest BCUT2D eigenvalue weighted by Crippen LogP contribution is -1.82. The lowest BCUT2D eigenvalue weighted by molar-refractivity contribution is 0.922. The summed E-state index contributed by atoms with van der Waals surface area (Å²) in [5.41, 5.74) is 2.20. The van der Waals surface area contributed by atoms with Gasteiger partial charge in [0.05, 0.1) is 10.8 Å². The van der Waals surface area contributed by atoms with Gasteiger partial charge in [-0.3, -0.25) is 0 Å². The number of thiocarbonyl (C=S) groups is 1. The molecule has 0 aromatic heterocycles. The van der Waals surface area contributed by atoms with Crippen molar-refractivity contribution in [3.8, 4) is 0 Å². The first-order valence-corrected chi connectivity index (χ1v) is 4.45. The first-order valence-electron chi connectivity index (χ1n) is 4.04. The molecule has 0 atom stereocenters. The molecule has 0 aliphatic heterocycles. The molecule has 0 radical (unpaired) electrons. The van der Waals surface area contributed by atoms with Gasteiger partial charge in [-0.1, -0.05) is 31.5 Å². The highest BCUT2D eigenvalue weighted by Gasteiger charge is 1.96. The normalized spacial score (nSPS) is 9.08. The summed E-state index contributed by atoms with van der Waals surface area (Å²) < 4.78 is 0. The number of isothiocyanates is 1. The lowest BCUT2D eigenvalue weighted by atomic mass is 10.1. The molecule has 0 fully saturated rings. The average Bonchev–Trinajstić information content (AvgIpc) is 2.09. The molecule has 0 saturated heterocycles. The Morgan fingerprint density at radius 3 is 2.83 bits per heavy atom. The number of para-hydroxylation sites is 1. The number of hydrogen-bond acceptors (Lipinski definition) is 2. The molecule has 2 heteroatoms. The molecule has 0 saturated carbocycles. The van der Waals surface area contributed by atoms with Crippen LogP contribution in [0.4, 0.5) is 5.69 Å². The van der Waals surface area contributed by atoms with Gasteiger partial charge in [0, 0.05) is 0 Å². The Hall–Kier alpha value is -0.980. The van der Waals surface area contributed by atoms with E-state index in [-0.39, 0.29) is 0 Å². The second-order valence-electron chi connectivity index (χ2n) is 2.58. The standard InChI is InChI=1S/C10H11NS/c1-2-5-9-6-3-4-7-10(9)11-8-12/h3-4,6-7H,2,5H2,1H3. The first-order chi connectivity index (χ1) is 5.88. The maximum atomic E-state index is 4.56. The minimum atomic E-state index is 0.953. The van der Waals surface area contributed by atoms with Gasteiger partial charge < -0.3 is 0 Å². The average molecular weight is 177 g/mol. The smallest absolute Gasteiger partial charge is 0.0771 e.